The summed E-state index contributed by atoms with van der Waals surface area (Å²) < 4.78 is 5.41. The van der Waals surface area contributed by atoms with Crippen molar-refractivity contribution in [1.29, 1.82) is 0 Å². The maximum atomic E-state index is 5.41. The van der Waals surface area contributed by atoms with Crippen LogP contribution in [-0.4, -0.2) is 50.3 Å². The second-order valence-corrected chi connectivity index (χ2v) is 5.97. The first-order valence-corrected chi connectivity index (χ1v) is 7.87. The minimum atomic E-state index is 0.773. The third-order valence-electron chi connectivity index (χ3n) is 4.26. The van der Waals surface area contributed by atoms with Gasteiger partial charge in [0.05, 0.1) is 0 Å². The number of nitrogens with zero attached hydrogens (tertiary/aromatic N) is 1. The van der Waals surface area contributed by atoms with Gasteiger partial charge in [0, 0.05) is 25.3 Å². The third-order valence-corrected chi connectivity index (χ3v) is 4.26. The van der Waals surface area contributed by atoms with Crippen molar-refractivity contribution in [1.82, 2.24) is 10.2 Å². The van der Waals surface area contributed by atoms with Crippen molar-refractivity contribution in [2.45, 2.75) is 63.5 Å². The maximum absolute atomic E-state index is 5.41. The molecule has 2 rings (SSSR count). The smallest absolute Gasteiger partial charge is 0.0480 e. The Bertz CT molecular complexity index is 213. The number of ether oxygens (including phenoxy) is 1. The first kappa shape index (κ1) is 14.3. The molecular formula is C15H30N2O. The molecule has 0 bridgehead atoms. The van der Waals surface area contributed by atoms with Crippen LogP contribution in [0.25, 0.3) is 0 Å². The molecule has 0 unspecified atom stereocenters. The second kappa shape index (κ2) is 8.13. The lowest BCUT2D eigenvalue weighted by molar-refractivity contribution is 0.0426. The number of hydrogen-bond donors (Lipinski definition) is 1. The van der Waals surface area contributed by atoms with E-state index in [2.05, 4.69) is 17.3 Å². The first-order chi connectivity index (χ1) is 8.86. The van der Waals surface area contributed by atoms with Crippen molar-refractivity contribution in [2.24, 2.45) is 0 Å². The summed E-state index contributed by atoms with van der Waals surface area (Å²) in [6, 6.07) is 1.65. The molecule has 0 atom stereocenters. The van der Waals surface area contributed by atoms with Gasteiger partial charge in [-0.2, -0.15) is 0 Å². The average Bonchev–Trinajstić information content (AvgIpc) is 3.22. The summed E-state index contributed by atoms with van der Waals surface area (Å²) in [7, 11) is 2.28. The largest absolute Gasteiger partial charge is 0.381 e. The molecule has 0 spiro atoms. The van der Waals surface area contributed by atoms with Gasteiger partial charge in [-0.3, -0.25) is 0 Å². The van der Waals surface area contributed by atoms with Gasteiger partial charge in [0.2, 0.25) is 0 Å². The fourth-order valence-corrected chi connectivity index (χ4v) is 2.74. The molecule has 3 heteroatoms. The van der Waals surface area contributed by atoms with Crippen molar-refractivity contribution >= 4 is 0 Å². The van der Waals surface area contributed by atoms with Gasteiger partial charge in [-0.1, -0.05) is 12.8 Å². The van der Waals surface area contributed by atoms with Gasteiger partial charge < -0.3 is 15.0 Å². The van der Waals surface area contributed by atoms with Gasteiger partial charge in [0.25, 0.3) is 0 Å². The van der Waals surface area contributed by atoms with Crippen molar-refractivity contribution in [3.63, 3.8) is 0 Å². The van der Waals surface area contributed by atoms with Gasteiger partial charge in [-0.05, 0) is 58.7 Å². The highest BCUT2D eigenvalue weighted by molar-refractivity contribution is 4.80. The van der Waals surface area contributed by atoms with Crippen LogP contribution in [0.5, 0.6) is 0 Å². The molecule has 0 radical (unpaired) electrons. The molecule has 0 aromatic carbocycles. The van der Waals surface area contributed by atoms with E-state index in [9.17, 15) is 0 Å². The quantitative estimate of drug-likeness (QED) is 0.640. The highest BCUT2D eigenvalue weighted by atomic mass is 16.5. The highest BCUT2D eigenvalue weighted by Crippen LogP contribution is 2.18. The number of nitrogens with one attached hydrogen (secondary N) is 1. The molecule has 1 saturated heterocycles. The van der Waals surface area contributed by atoms with Crippen LogP contribution in [0.15, 0.2) is 0 Å². The third kappa shape index (κ3) is 5.68. The van der Waals surface area contributed by atoms with E-state index in [1.165, 1.54) is 64.5 Å². The first-order valence-electron chi connectivity index (χ1n) is 7.87. The Labute approximate surface area is 112 Å². The van der Waals surface area contributed by atoms with Crippen molar-refractivity contribution in [3.8, 4) is 0 Å². The van der Waals surface area contributed by atoms with E-state index in [-0.39, 0.29) is 0 Å². The molecule has 1 heterocycles. The van der Waals surface area contributed by atoms with E-state index in [1.807, 2.05) is 0 Å². The summed E-state index contributed by atoms with van der Waals surface area (Å²) >= 11 is 0. The van der Waals surface area contributed by atoms with E-state index in [4.69, 9.17) is 4.74 Å². The summed E-state index contributed by atoms with van der Waals surface area (Å²) in [5.74, 6) is 0. The molecule has 1 aliphatic heterocycles. The number of hydrogen-bond acceptors (Lipinski definition) is 3. The molecule has 106 valence electrons. The Morgan fingerprint density at radius 1 is 1.00 bits per heavy atom. The van der Waals surface area contributed by atoms with Crippen LogP contribution < -0.4 is 5.32 Å². The van der Waals surface area contributed by atoms with Crippen molar-refractivity contribution < 1.29 is 4.74 Å². The molecule has 2 fully saturated rings. The summed E-state index contributed by atoms with van der Waals surface area (Å²) in [6.45, 7) is 4.42. The van der Waals surface area contributed by atoms with E-state index in [0.717, 1.165) is 25.3 Å². The van der Waals surface area contributed by atoms with Gasteiger partial charge >= 0.3 is 0 Å². The predicted octanol–water partition coefficient (Wildman–Crippen LogP) is 2.41. The lowest BCUT2D eigenvalue weighted by Gasteiger charge is -2.31. The molecule has 18 heavy (non-hydrogen) atoms. The number of unbranched alkanes of at least 4 members (excludes halogenated alkanes) is 3. The second-order valence-electron chi connectivity index (χ2n) is 5.97. The molecule has 2 aliphatic rings. The van der Waals surface area contributed by atoms with E-state index in [1.54, 1.807) is 0 Å². The Morgan fingerprint density at radius 2 is 1.72 bits per heavy atom. The lowest BCUT2D eigenvalue weighted by atomic mass is 10.1. The lowest BCUT2D eigenvalue weighted by Crippen LogP contribution is -2.37. The standard InChI is InChI=1S/C15H30N2O/c1-17(15-8-12-18-13-9-15)11-5-3-2-4-10-16-14-6-7-14/h14-16H,2-13H2,1H3. The average molecular weight is 254 g/mol. The maximum Gasteiger partial charge on any atom is 0.0480 e. The summed E-state index contributed by atoms with van der Waals surface area (Å²) in [5, 5.41) is 3.58. The summed E-state index contributed by atoms with van der Waals surface area (Å²) in [4.78, 5) is 2.55. The molecule has 1 N–H and O–H groups in total. The highest BCUT2D eigenvalue weighted by Gasteiger charge is 2.19. The molecule has 3 nitrogen and oxygen atoms in total. The van der Waals surface area contributed by atoms with Gasteiger partial charge in [-0.25, -0.2) is 0 Å². The summed E-state index contributed by atoms with van der Waals surface area (Å²) in [5.41, 5.74) is 0. The van der Waals surface area contributed by atoms with Crippen LogP contribution in [0.2, 0.25) is 0 Å². The van der Waals surface area contributed by atoms with Crippen LogP contribution in [0.3, 0.4) is 0 Å². The zero-order valence-electron chi connectivity index (χ0n) is 12.0. The Morgan fingerprint density at radius 3 is 2.44 bits per heavy atom. The van der Waals surface area contributed by atoms with Crippen LogP contribution in [-0.2, 0) is 4.74 Å². The molecule has 0 amide bonds. The van der Waals surface area contributed by atoms with Crippen molar-refractivity contribution in [3.05, 3.63) is 0 Å². The van der Waals surface area contributed by atoms with Crippen LogP contribution in [0.4, 0.5) is 0 Å². The van der Waals surface area contributed by atoms with Gasteiger partial charge in [0.15, 0.2) is 0 Å². The van der Waals surface area contributed by atoms with Gasteiger partial charge in [-0.15, -0.1) is 0 Å². The van der Waals surface area contributed by atoms with Crippen LogP contribution in [0, 0.1) is 0 Å². The normalized spacial score (nSPS) is 21.7. The zero-order chi connectivity index (χ0) is 12.6. The molecule has 1 saturated carbocycles. The fourth-order valence-electron chi connectivity index (χ4n) is 2.74. The van der Waals surface area contributed by atoms with Crippen LogP contribution in [0.1, 0.15) is 51.4 Å². The summed E-state index contributed by atoms with van der Waals surface area (Å²) in [6.07, 6.45) is 10.8. The minimum Gasteiger partial charge on any atom is -0.381 e. The molecule has 0 aromatic heterocycles. The fraction of sp³-hybridized carbons (Fsp3) is 1.00. The minimum absolute atomic E-state index is 0.773. The SMILES string of the molecule is CN(CCCCCCNC1CC1)C1CCOCC1. The topological polar surface area (TPSA) is 24.5 Å². The Hall–Kier alpha value is -0.120. The Balaban J connectivity index is 1.39. The predicted molar refractivity (Wildman–Crippen MR) is 76.0 cm³/mol. The number of rotatable bonds is 9. The van der Waals surface area contributed by atoms with Crippen LogP contribution >= 0.6 is 0 Å². The molecule has 0 aromatic rings. The molecular weight excluding hydrogens is 224 g/mol. The Kier molecular flexibility index (Phi) is 6.46. The van der Waals surface area contributed by atoms with E-state index < -0.39 is 0 Å². The molecule has 1 aliphatic carbocycles. The van der Waals surface area contributed by atoms with Crippen molar-refractivity contribution in [2.75, 3.05) is 33.4 Å². The van der Waals surface area contributed by atoms with E-state index in [0.29, 0.717) is 0 Å². The van der Waals surface area contributed by atoms with E-state index >= 15 is 0 Å². The zero-order valence-corrected chi connectivity index (χ0v) is 12.0. The van der Waals surface area contributed by atoms with Gasteiger partial charge in [0.1, 0.15) is 0 Å². The monoisotopic (exact) mass is 254 g/mol.